The Balaban J connectivity index is 1.65. The van der Waals surface area contributed by atoms with E-state index in [9.17, 15) is 4.79 Å². The van der Waals surface area contributed by atoms with Gasteiger partial charge in [-0.15, -0.1) is 0 Å². The van der Waals surface area contributed by atoms with Gasteiger partial charge in [0.25, 0.3) is 5.91 Å². The van der Waals surface area contributed by atoms with Gasteiger partial charge >= 0.3 is 0 Å². The van der Waals surface area contributed by atoms with Crippen LogP contribution in [0.25, 0.3) is 0 Å². The highest BCUT2D eigenvalue weighted by Gasteiger charge is 2.21. The van der Waals surface area contributed by atoms with E-state index in [-0.39, 0.29) is 11.9 Å². The second-order valence-electron chi connectivity index (χ2n) is 7.64. The van der Waals surface area contributed by atoms with Crippen LogP contribution in [0.5, 0.6) is 0 Å². The van der Waals surface area contributed by atoms with Crippen LogP contribution in [-0.2, 0) is 9.53 Å². The SMILES string of the molecule is COCC(C)NNc1ccc(NC(=O)C(NC(=S)Nc2ccc(Br)cc2)c2ccccc2)cc1. The normalized spacial score (nSPS) is 12.3. The fraction of sp³-hybridized carbons (Fsp3) is 0.200. The number of benzene rings is 3. The number of anilines is 3. The van der Waals surface area contributed by atoms with Crippen molar-refractivity contribution in [1.29, 1.82) is 0 Å². The second-order valence-corrected chi connectivity index (χ2v) is 8.97. The smallest absolute Gasteiger partial charge is 0.251 e. The topological polar surface area (TPSA) is 86.5 Å². The van der Waals surface area contributed by atoms with E-state index < -0.39 is 6.04 Å². The highest BCUT2D eigenvalue weighted by Crippen LogP contribution is 2.19. The number of methoxy groups -OCH3 is 1. The molecule has 3 aromatic rings. The predicted molar refractivity (Wildman–Crippen MR) is 146 cm³/mol. The molecule has 0 aromatic heterocycles. The van der Waals surface area contributed by atoms with Gasteiger partial charge in [0.2, 0.25) is 0 Å². The Morgan fingerprint density at radius 1 is 0.912 bits per heavy atom. The Hall–Kier alpha value is -2.98. The first-order chi connectivity index (χ1) is 16.4. The molecule has 7 nitrogen and oxygen atoms in total. The van der Waals surface area contributed by atoms with Crippen LogP contribution in [0.1, 0.15) is 18.5 Å². The van der Waals surface area contributed by atoms with Gasteiger partial charge in [-0.1, -0.05) is 46.3 Å². The van der Waals surface area contributed by atoms with Gasteiger partial charge in [0.1, 0.15) is 6.04 Å². The van der Waals surface area contributed by atoms with E-state index in [1.165, 1.54) is 0 Å². The van der Waals surface area contributed by atoms with Crippen LogP contribution in [0, 0.1) is 0 Å². The van der Waals surface area contributed by atoms with Gasteiger partial charge < -0.3 is 26.1 Å². The summed E-state index contributed by atoms with van der Waals surface area (Å²) < 4.78 is 6.08. The second kappa shape index (κ2) is 13.0. The van der Waals surface area contributed by atoms with Crippen LogP contribution < -0.4 is 26.8 Å². The lowest BCUT2D eigenvalue weighted by Crippen LogP contribution is -2.39. The maximum Gasteiger partial charge on any atom is 0.251 e. The number of thiocarbonyl (C=S) groups is 1. The summed E-state index contributed by atoms with van der Waals surface area (Å²) in [6, 6.07) is 24.0. The lowest BCUT2D eigenvalue weighted by molar-refractivity contribution is -0.117. The van der Waals surface area contributed by atoms with Crippen molar-refractivity contribution >= 4 is 56.2 Å². The number of halogens is 1. The van der Waals surface area contributed by atoms with E-state index in [0.717, 1.165) is 21.4 Å². The largest absolute Gasteiger partial charge is 0.383 e. The summed E-state index contributed by atoms with van der Waals surface area (Å²) in [6.45, 7) is 2.60. The Bertz CT molecular complexity index is 1060. The molecule has 3 aromatic carbocycles. The van der Waals surface area contributed by atoms with E-state index in [2.05, 4.69) is 42.7 Å². The van der Waals surface area contributed by atoms with Gasteiger partial charge in [0.05, 0.1) is 6.61 Å². The minimum absolute atomic E-state index is 0.150. The van der Waals surface area contributed by atoms with Gasteiger partial charge in [0, 0.05) is 34.7 Å². The number of ether oxygens (including phenoxy) is 1. The number of rotatable bonds is 10. The maximum absolute atomic E-state index is 13.2. The van der Waals surface area contributed by atoms with Crippen molar-refractivity contribution in [2.45, 2.75) is 19.0 Å². The van der Waals surface area contributed by atoms with E-state index in [0.29, 0.717) is 17.4 Å². The lowest BCUT2D eigenvalue weighted by atomic mass is 10.1. The molecular weight excluding hydrogens is 514 g/mol. The van der Waals surface area contributed by atoms with Crippen molar-refractivity contribution in [2.24, 2.45) is 0 Å². The summed E-state index contributed by atoms with van der Waals surface area (Å²) >= 11 is 8.89. The van der Waals surface area contributed by atoms with Crippen LogP contribution in [0.15, 0.2) is 83.3 Å². The van der Waals surface area contributed by atoms with Crippen molar-refractivity contribution in [3.8, 4) is 0 Å². The van der Waals surface area contributed by atoms with E-state index in [4.69, 9.17) is 17.0 Å². The molecule has 1 amide bonds. The average Bonchev–Trinajstić information content (AvgIpc) is 2.84. The van der Waals surface area contributed by atoms with Crippen molar-refractivity contribution in [3.05, 3.63) is 88.9 Å². The van der Waals surface area contributed by atoms with Crippen LogP contribution >= 0.6 is 28.1 Å². The van der Waals surface area contributed by atoms with Gasteiger partial charge in [-0.2, -0.15) is 0 Å². The molecule has 9 heteroatoms. The monoisotopic (exact) mass is 541 g/mol. The summed E-state index contributed by atoms with van der Waals surface area (Å²) in [5.74, 6) is -0.223. The Kier molecular flexibility index (Phi) is 9.84. The zero-order chi connectivity index (χ0) is 24.3. The average molecular weight is 543 g/mol. The first kappa shape index (κ1) is 25.6. The molecule has 0 heterocycles. The number of hydrazine groups is 1. The Labute approximate surface area is 213 Å². The molecule has 0 spiro atoms. The third kappa shape index (κ3) is 8.11. The quantitative estimate of drug-likeness (QED) is 0.181. The van der Waals surface area contributed by atoms with Gasteiger partial charge in [0.15, 0.2) is 5.11 Å². The minimum Gasteiger partial charge on any atom is -0.383 e. The van der Waals surface area contributed by atoms with Crippen molar-refractivity contribution in [3.63, 3.8) is 0 Å². The fourth-order valence-corrected chi connectivity index (χ4v) is 3.63. The van der Waals surface area contributed by atoms with Crippen molar-refractivity contribution < 1.29 is 9.53 Å². The summed E-state index contributed by atoms with van der Waals surface area (Å²) in [7, 11) is 1.66. The zero-order valence-corrected chi connectivity index (χ0v) is 21.4. The number of hydrogen-bond acceptors (Lipinski definition) is 5. The number of nitrogens with one attached hydrogen (secondary N) is 5. The Morgan fingerprint density at radius 3 is 2.15 bits per heavy atom. The zero-order valence-electron chi connectivity index (χ0n) is 19.0. The van der Waals surface area contributed by atoms with E-state index >= 15 is 0 Å². The highest BCUT2D eigenvalue weighted by atomic mass is 79.9. The van der Waals surface area contributed by atoms with Crippen LogP contribution in [-0.4, -0.2) is 30.8 Å². The molecular formula is C25H28BrN5O2S. The molecule has 0 aliphatic rings. The van der Waals surface area contributed by atoms with Crippen molar-refractivity contribution in [2.75, 3.05) is 29.8 Å². The fourth-order valence-electron chi connectivity index (χ4n) is 3.13. The van der Waals surface area contributed by atoms with E-state index in [1.807, 2.05) is 85.8 Å². The molecule has 5 N–H and O–H groups in total. The standard InChI is InChI=1S/C25H28BrN5O2S/c1-17(16-33-2)30-31-22-14-12-20(13-15-22)27-24(32)23(18-6-4-3-5-7-18)29-25(34)28-21-10-8-19(26)9-11-21/h3-15,17,23,30-31H,16H2,1-2H3,(H,27,32)(H2,28,29,34). The molecule has 34 heavy (non-hydrogen) atoms. The molecule has 0 aliphatic carbocycles. The first-order valence-electron chi connectivity index (χ1n) is 10.7. The molecule has 2 unspecified atom stereocenters. The van der Waals surface area contributed by atoms with Crippen molar-refractivity contribution in [1.82, 2.24) is 10.7 Å². The third-order valence-corrected chi connectivity index (χ3v) is 5.55. The summed E-state index contributed by atoms with van der Waals surface area (Å²) in [4.78, 5) is 13.2. The summed E-state index contributed by atoms with van der Waals surface area (Å²) in [5.41, 5.74) is 9.45. The summed E-state index contributed by atoms with van der Waals surface area (Å²) in [5, 5.41) is 9.57. The molecule has 3 rings (SSSR count). The first-order valence-corrected chi connectivity index (χ1v) is 11.9. The maximum atomic E-state index is 13.2. The lowest BCUT2D eigenvalue weighted by Gasteiger charge is -2.21. The minimum atomic E-state index is -0.675. The van der Waals surface area contributed by atoms with E-state index in [1.54, 1.807) is 7.11 Å². The third-order valence-electron chi connectivity index (χ3n) is 4.80. The molecule has 0 aliphatic heterocycles. The molecule has 0 saturated carbocycles. The van der Waals surface area contributed by atoms with Crippen LogP contribution in [0.4, 0.5) is 17.1 Å². The molecule has 178 valence electrons. The number of hydrogen-bond donors (Lipinski definition) is 5. The van der Waals surface area contributed by atoms with Gasteiger partial charge in [-0.25, -0.2) is 5.43 Å². The number of amides is 1. The van der Waals surface area contributed by atoms with Gasteiger partial charge in [-0.05, 0) is 73.2 Å². The molecule has 2 atom stereocenters. The van der Waals surface area contributed by atoms with Crippen LogP contribution in [0.3, 0.4) is 0 Å². The molecule has 0 bridgehead atoms. The Morgan fingerprint density at radius 2 is 1.50 bits per heavy atom. The van der Waals surface area contributed by atoms with Crippen LogP contribution in [0.2, 0.25) is 0 Å². The predicted octanol–water partition coefficient (Wildman–Crippen LogP) is 5.07. The molecule has 0 fully saturated rings. The molecule has 0 saturated heterocycles. The highest BCUT2D eigenvalue weighted by molar-refractivity contribution is 9.10. The summed E-state index contributed by atoms with van der Waals surface area (Å²) in [6.07, 6.45) is 0. The van der Waals surface area contributed by atoms with Gasteiger partial charge in [-0.3, -0.25) is 4.79 Å². The number of carbonyl (C=O) groups excluding carboxylic acids is 1. The molecule has 0 radical (unpaired) electrons. The number of carbonyl (C=O) groups is 1.